The summed E-state index contributed by atoms with van der Waals surface area (Å²) in [6, 6.07) is 6.91. The van der Waals surface area contributed by atoms with Crippen LogP contribution in [0.1, 0.15) is 39.7 Å². The highest BCUT2D eigenvalue weighted by molar-refractivity contribution is 7.99. The number of carbonyl (C=O) groups excluding carboxylic acids is 1. The van der Waals surface area contributed by atoms with Crippen LogP contribution in [0.15, 0.2) is 34.2 Å². The summed E-state index contributed by atoms with van der Waals surface area (Å²) >= 11 is 8.64. The lowest BCUT2D eigenvalue weighted by Gasteiger charge is -2.29. The standard InChI is InChI=1S/C22H26ClN5O2S2/c1-13(2)28-20(30)18-19(25-21(32-18)27-9-7-14(3)8-10-27)26-22(28)31-12-17(29)24-16-6-4-5-15(23)11-16/h4-6,11,13-14H,7-10,12H2,1-3H3,(H,24,29). The quantitative estimate of drug-likeness (QED) is 0.383. The number of amides is 1. The van der Waals surface area contributed by atoms with Gasteiger partial charge in [-0.2, -0.15) is 4.98 Å². The van der Waals surface area contributed by atoms with Gasteiger partial charge in [-0.05, 0) is 50.8 Å². The predicted molar refractivity (Wildman–Crippen MR) is 133 cm³/mol. The second-order valence-electron chi connectivity index (χ2n) is 8.33. The van der Waals surface area contributed by atoms with Crippen LogP contribution < -0.4 is 15.8 Å². The summed E-state index contributed by atoms with van der Waals surface area (Å²) in [6.07, 6.45) is 2.25. The molecule has 1 aliphatic heterocycles. The number of anilines is 2. The summed E-state index contributed by atoms with van der Waals surface area (Å²) in [6.45, 7) is 8.05. The Kier molecular flexibility index (Phi) is 7.07. The highest BCUT2D eigenvalue weighted by Gasteiger charge is 2.23. The fraction of sp³-hybridized carbons (Fsp3) is 0.455. The molecule has 32 heavy (non-hydrogen) atoms. The molecular formula is C22H26ClN5O2S2. The molecule has 1 saturated heterocycles. The summed E-state index contributed by atoms with van der Waals surface area (Å²) in [5.41, 5.74) is 0.993. The van der Waals surface area contributed by atoms with E-state index in [2.05, 4.69) is 27.1 Å². The van der Waals surface area contributed by atoms with E-state index in [4.69, 9.17) is 11.6 Å². The van der Waals surface area contributed by atoms with Crippen molar-refractivity contribution in [3.05, 3.63) is 39.6 Å². The normalized spacial score (nSPS) is 15.0. The van der Waals surface area contributed by atoms with E-state index in [1.54, 1.807) is 28.8 Å². The Balaban J connectivity index is 1.56. The zero-order valence-electron chi connectivity index (χ0n) is 18.3. The second-order valence-corrected chi connectivity index (χ2v) is 10.7. The van der Waals surface area contributed by atoms with Crippen LogP contribution in [0.25, 0.3) is 10.3 Å². The van der Waals surface area contributed by atoms with Crippen LogP contribution in [0.2, 0.25) is 5.02 Å². The molecule has 3 aromatic rings. The number of thioether (sulfide) groups is 1. The minimum Gasteiger partial charge on any atom is -0.348 e. The van der Waals surface area contributed by atoms with Crippen LogP contribution in [0, 0.1) is 5.92 Å². The van der Waals surface area contributed by atoms with Crippen LogP contribution >= 0.6 is 34.7 Å². The van der Waals surface area contributed by atoms with Crippen molar-refractivity contribution in [1.82, 2.24) is 14.5 Å². The minimum absolute atomic E-state index is 0.0840. The lowest BCUT2D eigenvalue weighted by Crippen LogP contribution is -2.32. The number of halogens is 1. The average molecular weight is 492 g/mol. The maximum atomic E-state index is 13.3. The molecule has 2 aromatic heterocycles. The fourth-order valence-corrected chi connectivity index (χ4v) is 5.74. The first-order valence-corrected chi connectivity index (χ1v) is 12.9. The molecule has 1 fully saturated rings. The zero-order chi connectivity index (χ0) is 22.8. The lowest BCUT2D eigenvalue weighted by molar-refractivity contribution is -0.113. The Morgan fingerprint density at radius 1 is 1.31 bits per heavy atom. The first-order chi connectivity index (χ1) is 15.3. The van der Waals surface area contributed by atoms with Gasteiger partial charge in [-0.3, -0.25) is 14.2 Å². The average Bonchev–Trinajstić information content (AvgIpc) is 3.17. The van der Waals surface area contributed by atoms with Crippen LogP contribution in [0.4, 0.5) is 10.8 Å². The van der Waals surface area contributed by atoms with Gasteiger partial charge in [-0.1, -0.05) is 47.7 Å². The van der Waals surface area contributed by atoms with Crippen molar-refractivity contribution in [3.63, 3.8) is 0 Å². The molecule has 0 unspecified atom stereocenters. The third-order valence-electron chi connectivity index (χ3n) is 5.43. The Labute approximate surface area is 200 Å². The molecule has 7 nitrogen and oxygen atoms in total. The molecule has 0 bridgehead atoms. The summed E-state index contributed by atoms with van der Waals surface area (Å²) in [7, 11) is 0. The van der Waals surface area contributed by atoms with Crippen LogP contribution in [0.3, 0.4) is 0 Å². The Morgan fingerprint density at radius 2 is 2.06 bits per heavy atom. The number of piperidine rings is 1. The number of carbonyl (C=O) groups is 1. The Hall–Kier alpha value is -2.10. The van der Waals surface area contributed by atoms with Crippen molar-refractivity contribution >= 4 is 61.8 Å². The minimum atomic E-state index is -0.191. The van der Waals surface area contributed by atoms with Gasteiger partial charge >= 0.3 is 0 Å². The number of nitrogens with one attached hydrogen (secondary N) is 1. The maximum absolute atomic E-state index is 13.3. The van der Waals surface area contributed by atoms with E-state index in [9.17, 15) is 9.59 Å². The summed E-state index contributed by atoms with van der Waals surface area (Å²) < 4.78 is 2.22. The van der Waals surface area contributed by atoms with Gasteiger partial charge in [0.1, 0.15) is 4.70 Å². The number of rotatable bonds is 6. The van der Waals surface area contributed by atoms with Crippen LogP contribution in [-0.4, -0.2) is 39.3 Å². The molecule has 0 radical (unpaired) electrons. The van der Waals surface area contributed by atoms with Gasteiger partial charge in [0.05, 0.1) is 5.75 Å². The molecule has 1 N–H and O–H groups in total. The third-order valence-corrected chi connectivity index (χ3v) is 7.71. The van der Waals surface area contributed by atoms with E-state index >= 15 is 0 Å². The van der Waals surface area contributed by atoms with Gasteiger partial charge in [-0.25, -0.2) is 4.98 Å². The molecule has 1 aromatic carbocycles. The highest BCUT2D eigenvalue weighted by Crippen LogP contribution is 2.31. The summed E-state index contributed by atoms with van der Waals surface area (Å²) in [4.78, 5) is 37.3. The summed E-state index contributed by atoms with van der Waals surface area (Å²) in [5, 5.41) is 4.74. The smallest absolute Gasteiger partial charge is 0.274 e. The Morgan fingerprint density at radius 3 is 2.75 bits per heavy atom. The number of hydrogen-bond acceptors (Lipinski definition) is 7. The van der Waals surface area contributed by atoms with E-state index in [0.717, 1.165) is 37.0 Å². The SMILES string of the molecule is CC1CCN(c2nc3nc(SCC(=O)Nc4cccc(Cl)c4)n(C(C)C)c(=O)c3s2)CC1. The van der Waals surface area contributed by atoms with E-state index in [-0.39, 0.29) is 23.3 Å². The Bertz CT molecular complexity index is 1180. The number of nitrogens with zero attached hydrogens (tertiary/aromatic N) is 4. The number of fused-ring (bicyclic) bond motifs is 1. The van der Waals surface area contributed by atoms with E-state index in [1.807, 2.05) is 13.8 Å². The predicted octanol–water partition coefficient (Wildman–Crippen LogP) is 5.05. The zero-order valence-corrected chi connectivity index (χ0v) is 20.7. The van der Waals surface area contributed by atoms with Gasteiger partial charge in [0.15, 0.2) is 15.9 Å². The number of benzene rings is 1. The van der Waals surface area contributed by atoms with Crippen LogP contribution in [0.5, 0.6) is 0 Å². The largest absolute Gasteiger partial charge is 0.348 e. The van der Waals surface area contributed by atoms with Gasteiger partial charge in [0.2, 0.25) is 5.91 Å². The van der Waals surface area contributed by atoms with Crippen molar-refractivity contribution in [3.8, 4) is 0 Å². The van der Waals surface area contributed by atoms with E-state index in [0.29, 0.717) is 26.2 Å². The number of thiazole rings is 1. The second kappa shape index (κ2) is 9.80. The molecular weight excluding hydrogens is 466 g/mol. The monoisotopic (exact) mass is 491 g/mol. The van der Waals surface area contributed by atoms with Crippen molar-refractivity contribution in [2.24, 2.45) is 5.92 Å². The van der Waals surface area contributed by atoms with Crippen molar-refractivity contribution in [1.29, 1.82) is 0 Å². The molecule has 0 spiro atoms. The maximum Gasteiger partial charge on any atom is 0.274 e. The molecule has 1 amide bonds. The third kappa shape index (κ3) is 5.10. The molecule has 1 aliphatic rings. The molecule has 0 atom stereocenters. The molecule has 4 rings (SSSR count). The van der Waals surface area contributed by atoms with Gasteiger partial charge in [-0.15, -0.1) is 0 Å². The van der Waals surface area contributed by atoms with Crippen molar-refractivity contribution in [2.75, 3.05) is 29.1 Å². The first kappa shape index (κ1) is 23.1. The van der Waals surface area contributed by atoms with E-state index < -0.39 is 0 Å². The molecule has 0 saturated carbocycles. The van der Waals surface area contributed by atoms with Gasteiger partial charge < -0.3 is 10.2 Å². The van der Waals surface area contributed by atoms with Gasteiger partial charge in [0, 0.05) is 29.8 Å². The molecule has 170 valence electrons. The van der Waals surface area contributed by atoms with Gasteiger partial charge in [0.25, 0.3) is 5.56 Å². The van der Waals surface area contributed by atoms with Crippen molar-refractivity contribution in [2.45, 2.75) is 44.8 Å². The van der Waals surface area contributed by atoms with E-state index in [1.165, 1.54) is 23.1 Å². The lowest BCUT2D eigenvalue weighted by atomic mass is 10.00. The molecule has 0 aliphatic carbocycles. The first-order valence-electron chi connectivity index (χ1n) is 10.7. The highest BCUT2D eigenvalue weighted by atomic mass is 35.5. The van der Waals surface area contributed by atoms with Crippen LogP contribution in [-0.2, 0) is 4.79 Å². The topological polar surface area (TPSA) is 80.1 Å². The summed E-state index contributed by atoms with van der Waals surface area (Å²) in [5.74, 6) is 0.652. The number of hydrogen-bond donors (Lipinski definition) is 1. The molecule has 10 heteroatoms. The van der Waals surface area contributed by atoms with Crippen molar-refractivity contribution < 1.29 is 4.79 Å². The number of aromatic nitrogens is 3. The molecule has 3 heterocycles. The fourth-order valence-electron chi connectivity index (χ4n) is 3.64.